The molecule has 26 heavy (non-hydrogen) atoms. The fraction of sp³-hybridized carbons (Fsp3) is 0.105. The molecule has 3 rings (SSSR count). The molecule has 7 nitrogen and oxygen atoms in total. The number of aromatic carboxylic acids is 1. The number of anilines is 1. The Bertz CT molecular complexity index is 1060. The second-order valence-corrected chi connectivity index (χ2v) is 5.63. The number of fused-ring (bicyclic) bond motifs is 1. The number of carbonyl (C=O) groups is 2. The van der Waals surface area contributed by atoms with Gasteiger partial charge < -0.3 is 15.5 Å². The molecule has 3 aromatic rings. The lowest BCUT2D eigenvalue weighted by molar-refractivity contribution is 0.0695. The fourth-order valence-corrected chi connectivity index (χ4v) is 2.75. The van der Waals surface area contributed by atoms with E-state index in [0.717, 1.165) is 16.3 Å². The summed E-state index contributed by atoms with van der Waals surface area (Å²) in [5.74, 6) is -1.40. The first-order valence-electron chi connectivity index (χ1n) is 7.90. The average molecular weight is 352 g/mol. The van der Waals surface area contributed by atoms with Crippen LogP contribution in [-0.2, 0) is 6.42 Å². The molecule has 0 radical (unpaired) electrons. The molecule has 0 fully saturated rings. The Labute approximate surface area is 148 Å². The maximum atomic E-state index is 12.8. The third-order valence-corrected chi connectivity index (χ3v) is 4.00. The van der Waals surface area contributed by atoms with Crippen molar-refractivity contribution >= 4 is 28.6 Å². The van der Waals surface area contributed by atoms with E-state index in [4.69, 9.17) is 5.11 Å². The Hall–Kier alpha value is -3.45. The third-order valence-electron chi connectivity index (χ3n) is 4.00. The third kappa shape index (κ3) is 3.20. The van der Waals surface area contributed by atoms with Gasteiger partial charge in [-0.25, -0.2) is 9.59 Å². The van der Waals surface area contributed by atoms with Gasteiger partial charge in [-0.2, -0.15) is 0 Å². The number of carbonyl (C=O) groups excluding carboxylic acids is 1. The molecule has 0 saturated heterocycles. The molecular weight excluding hydrogens is 336 g/mol. The quantitative estimate of drug-likeness (QED) is 0.668. The van der Waals surface area contributed by atoms with E-state index in [1.807, 2.05) is 0 Å². The van der Waals surface area contributed by atoms with E-state index in [-0.39, 0.29) is 12.0 Å². The Balaban J connectivity index is 2.11. The average Bonchev–Trinajstić information content (AvgIpc) is 2.63. The molecule has 0 saturated carbocycles. The highest BCUT2D eigenvalue weighted by Crippen LogP contribution is 2.18. The predicted molar refractivity (Wildman–Crippen MR) is 96.8 cm³/mol. The predicted octanol–water partition coefficient (Wildman–Crippen LogP) is 2.31. The van der Waals surface area contributed by atoms with Crippen molar-refractivity contribution in [2.45, 2.75) is 6.42 Å². The number of hydrogen-bond donors (Lipinski definition) is 3. The molecule has 0 aliphatic carbocycles. The number of pyridine rings is 1. The molecule has 0 aliphatic heterocycles. The Kier molecular flexibility index (Phi) is 4.81. The van der Waals surface area contributed by atoms with Gasteiger partial charge in [0.1, 0.15) is 5.56 Å². The van der Waals surface area contributed by atoms with Crippen LogP contribution in [0.1, 0.15) is 15.9 Å². The number of aromatic nitrogens is 1. The summed E-state index contributed by atoms with van der Waals surface area (Å²) in [5.41, 5.74) is 0.429. The maximum Gasteiger partial charge on any atom is 0.341 e. The zero-order valence-corrected chi connectivity index (χ0v) is 13.7. The zero-order valence-electron chi connectivity index (χ0n) is 13.7. The van der Waals surface area contributed by atoms with Crippen molar-refractivity contribution in [2.75, 3.05) is 11.9 Å². The standard InChI is InChI=1S/C19H16N2O5/c22-10-9-12-5-1-3-7-15(12)20-19(26)21-11-14(18(24)25)17(23)13-6-2-4-8-16(13)21/h1-8,11,22H,9-10H2,(H,20,26)(H,24,25). The lowest BCUT2D eigenvalue weighted by Gasteiger charge is -2.14. The summed E-state index contributed by atoms with van der Waals surface area (Å²) in [4.78, 5) is 36.4. The largest absolute Gasteiger partial charge is 0.477 e. The van der Waals surface area contributed by atoms with E-state index < -0.39 is 23.0 Å². The van der Waals surface area contributed by atoms with Gasteiger partial charge in [-0.1, -0.05) is 30.3 Å². The van der Waals surface area contributed by atoms with Crippen molar-refractivity contribution in [2.24, 2.45) is 0 Å². The van der Waals surface area contributed by atoms with E-state index >= 15 is 0 Å². The highest BCUT2D eigenvalue weighted by molar-refractivity contribution is 6.01. The molecule has 1 aromatic heterocycles. The van der Waals surface area contributed by atoms with Gasteiger partial charge in [-0.3, -0.25) is 9.36 Å². The van der Waals surface area contributed by atoms with Gasteiger partial charge in [-0.15, -0.1) is 0 Å². The second kappa shape index (κ2) is 7.20. The van der Waals surface area contributed by atoms with Crippen molar-refractivity contribution in [3.8, 4) is 0 Å². The summed E-state index contributed by atoms with van der Waals surface area (Å²) < 4.78 is 1.11. The van der Waals surface area contributed by atoms with Crippen LogP contribution >= 0.6 is 0 Å². The van der Waals surface area contributed by atoms with Gasteiger partial charge in [0, 0.05) is 23.9 Å². The van der Waals surface area contributed by atoms with Crippen molar-refractivity contribution in [1.29, 1.82) is 0 Å². The Morgan fingerprint density at radius 3 is 2.46 bits per heavy atom. The van der Waals surface area contributed by atoms with Gasteiger partial charge in [0.15, 0.2) is 0 Å². The van der Waals surface area contributed by atoms with Gasteiger partial charge in [0.25, 0.3) is 0 Å². The number of carboxylic acid groups (broad SMARTS) is 1. The Morgan fingerprint density at radius 1 is 1.04 bits per heavy atom. The lowest BCUT2D eigenvalue weighted by atomic mass is 10.1. The second-order valence-electron chi connectivity index (χ2n) is 5.63. The Morgan fingerprint density at radius 2 is 1.73 bits per heavy atom. The molecule has 132 valence electrons. The summed E-state index contributed by atoms with van der Waals surface area (Å²) >= 11 is 0. The van der Waals surface area contributed by atoms with Crippen LogP contribution in [0.25, 0.3) is 10.9 Å². The monoisotopic (exact) mass is 352 g/mol. The molecule has 1 heterocycles. The first-order valence-corrected chi connectivity index (χ1v) is 7.90. The van der Waals surface area contributed by atoms with Crippen LogP contribution in [-0.4, -0.2) is 33.4 Å². The number of aliphatic hydroxyl groups is 1. The first-order chi connectivity index (χ1) is 12.5. The topological polar surface area (TPSA) is 109 Å². The minimum absolute atomic E-state index is 0.0724. The van der Waals surface area contributed by atoms with E-state index in [0.29, 0.717) is 17.6 Å². The molecular formula is C19H16N2O5. The number of nitrogens with one attached hydrogen (secondary N) is 1. The number of aliphatic hydroxyl groups excluding tert-OH is 1. The number of hydrogen-bond acceptors (Lipinski definition) is 4. The van der Waals surface area contributed by atoms with Crippen LogP contribution in [0.4, 0.5) is 10.5 Å². The molecule has 3 N–H and O–H groups in total. The first kappa shape index (κ1) is 17.4. The normalized spacial score (nSPS) is 10.7. The number of rotatable bonds is 4. The van der Waals surface area contributed by atoms with Crippen LogP contribution in [0.5, 0.6) is 0 Å². The molecule has 0 spiro atoms. The highest BCUT2D eigenvalue weighted by atomic mass is 16.4. The minimum atomic E-state index is -1.40. The molecule has 0 atom stereocenters. The van der Waals surface area contributed by atoms with E-state index in [1.165, 1.54) is 6.07 Å². The maximum absolute atomic E-state index is 12.8. The lowest BCUT2D eigenvalue weighted by Crippen LogP contribution is -2.26. The van der Waals surface area contributed by atoms with Crippen molar-refractivity contribution in [3.05, 3.63) is 76.1 Å². The van der Waals surface area contributed by atoms with Gasteiger partial charge in [0.05, 0.1) is 5.52 Å². The number of para-hydroxylation sites is 2. The molecule has 2 aromatic carbocycles. The van der Waals surface area contributed by atoms with Crippen LogP contribution in [0.3, 0.4) is 0 Å². The van der Waals surface area contributed by atoms with E-state index in [2.05, 4.69) is 5.32 Å². The van der Waals surface area contributed by atoms with Gasteiger partial charge in [-0.05, 0) is 30.2 Å². The van der Waals surface area contributed by atoms with Crippen LogP contribution in [0.15, 0.2) is 59.5 Å². The molecule has 0 bridgehead atoms. The number of amides is 1. The van der Waals surface area contributed by atoms with Crippen LogP contribution in [0.2, 0.25) is 0 Å². The molecule has 1 amide bonds. The van der Waals surface area contributed by atoms with Gasteiger partial charge >= 0.3 is 12.0 Å². The molecule has 7 heteroatoms. The summed E-state index contributed by atoms with van der Waals surface area (Å²) in [6.45, 7) is -0.0724. The number of benzene rings is 2. The smallest absolute Gasteiger partial charge is 0.341 e. The van der Waals surface area contributed by atoms with Crippen LogP contribution in [0, 0.1) is 0 Å². The molecule has 0 aliphatic rings. The van der Waals surface area contributed by atoms with E-state index in [9.17, 15) is 19.5 Å². The van der Waals surface area contributed by atoms with Crippen molar-refractivity contribution in [1.82, 2.24) is 4.57 Å². The van der Waals surface area contributed by atoms with Crippen molar-refractivity contribution in [3.63, 3.8) is 0 Å². The van der Waals surface area contributed by atoms with Gasteiger partial charge in [0.2, 0.25) is 5.43 Å². The number of carboxylic acids is 1. The number of nitrogens with zero attached hydrogens (tertiary/aromatic N) is 1. The summed E-state index contributed by atoms with van der Waals surface area (Å²) in [6, 6.07) is 12.7. The van der Waals surface area contributed by atoms with Crippen molar-refractivity contribution < 1.29 is 19.8 Å². The summed E-state index contributed by atoms with van der Waals surface area (Å²) in [6.07, 6.45) is 1.39. The zero-order chi connectivity index (χ0) is 18.7. The highest BCUT2D eigenvalue weighted by Gasteiger charge is 2.18. The minimum Gasteiger partial charge on any atom is -0.477 e. The summed E-state index contributed by atoms with van der Waals surface area (Å²) in [7, 11) is 0. The van der Waals surface area contributed by atoms with E-state index in [1.54, 1.807) is 42.5 Å². The SMILES string of the molecule is O=C(O)c1cn(C(=O)Nc2ccccc2CCO)c2ccccc2c1=O. The molecule has 0 unspecified atom stereocenters. The summed E-state index contributed by atoms with van der Waals surface area (Å²) in [5, 5.41) is 21.3. The van der Waals surface area contributed by atoms with Crippen LogP contribution < -0.4 is 10.7 Å². The fourth-order valence-electron chi connectivity index (χ4n) is 2.75.